The minimum absolute atomic E-state index is 0.974. The minimum atomic E-state index is -2.31. The van der Waals surface area contributed by atoms with Crippen LogP contribution >= 0.6 is 6.04 Å². The predicted molar refractivity (Wildman–Crippen MR) is 272 cm³/mol. The highest BCUT2D eigenvalue weighted by Gasteiger charge is 2.25. The number of fused-ring (bicyclic) bond motifs is 14. The van der Waals surface area contributed by atoms with Crippen molar-refractivity contribution in [1.82, 2.24) is 14.4 Å². The van der Waals surface area contributed by atoms with Crippen LogP contribution in [0, 0.1) is 0 Å². The second kappa shape index (κ2) is 14.0. The van der Waals surface area contributed by atoms with E-state index in [9.17, 15) is 0 Å². The Kier molecular flexibility index (Phi) is 8.05. The molecule has 0 aliphatic rings. The first-order valence-corrected chi connectivity index (χ1v) is 24.1. The SMILES string of the molecule is S=P(c1ccccc1)(c1ccncc1)c1ccc2c(ccc3cc(-c4ccc5c(c4)c4c6ccccc6ccc4c4nc6ccc(-c7cccc8ccccc78)cc6n54)ccc32)c1. The molecule has 0 bridgehead atoms. The summed E-state index contributed by atoms with van der Waals surface area (Å²) in [5.41, 5.74) is 8.96. The summed E-state index contributed by atoms with van der Waals surface area (Å²) in [6.45, 7) is 0. The van der Waals surface area contributed by atoms with Crippen molar-refractivity contribution in [2.45, 2.75) is 0 Å². The van der Waals surface area contributed by atoms with Crippen LogP contribution in [0.5, 0.6) is 0 Å². The van der Waals surface area contributed by atoms with Crippen molar-refractivity contribution in [3.05, 3.63) is 219 Å². The standard InChI is InChI=1S/C58H36N3PS/c63-62(44-12-2-1-3-13-44,45-29-31-59-32-30-45)46-23-26-50-42(34-46)18-17-41-33-39(20-24-49(41)50)40-22-28-55-53(35-40)57-51-15-7-5-10-38(51)19-25-52(57)58-60-54-27-21-43(36-56(54)61(55)58)48-16-8-11-37-9-4-6-14-47(37)48/h1-36H. The second-order valence-electron chi connectivity index (χ2n) is 16.5. The molecule has 5 heteroatoms. The van der Waals surface area contributed by atoms with Crippen LogP contribution in [0.25, 0.3) is 104 Å². The van der Waals surface area contributed by atoms with Gasteiger partial charge in [-0.3, -0.25) is 9.38 Å². The van der Waals surface area contributed by atoms with E-state index in [-0.39, 0.29) is 0 Å². The van der Waals surface area contributed by atoms with Gasteiger partial charge >= 0.3 is 0 Å². The van der Waals surface area contributed by atoms with Gasteiger partial charge in [0.25, 0.3) is 0 Å². The first kappa shape index (κ1) is 36.2. The molecule has 0 N–H and O–H groups in total. The number of nitrogens with zero attached hydrogens (tertiary/aromatic N) is 3. The number of imidazole rings is 1. The molecule has 0 saturated heterocycles. The quantitative estimate of drug-likeness (QED) is 0.128. The molecule has 0 radical (unpaired) electrons. The average molecular weight is 838 g/mol. The van der Waals surface area contributed by atoms with Gasteiger partial charge in [-0.25, -0.2) is 4.98 Å². The number of hydrogen-bond acceptors (Lipinski definition) is 3. The van der Waals surface area contributed by atoms with E-state index < -0.39 is 6.04 Å². The number of pyridine rings is 2. The Hall–Kier alpha value is -7.49. The molecule has 63 heavy (non-hydrogen) atoms. The van der Waals surface area contributed by atoms with Gasteiger partial charge in [-0.15, -0.1) is 0 Å². The lowest BCUT2D eigenvalue weighted by molar-refractivity contribution is 1.32. The highest BCUT2D eigenvalue weighted by Crippen LogP contribution is 2.44. The molecule has 3 nitrogen and oxygen atoms in total. The van der Waals surface area contributed by atoms with Gasteiger partial charge in [0.1, 0.15) is 5.65 Å². The Labute approximate surface area is 368 Å². The van der Waals surface area contributed by atoms with Crippen molar-refractivity contribution in [2.24, 2.45) is 0 Å². The fourth-order valence-corrected chi connectivity index (χ4v) is 13.8. The summed E-state index contributed by atoms with van der Waals surface area (Å²) in [5.74, 6) is 0. The van der Waals surface area contributed by atoms with Crippen molar-refractivity contribution < 1.29 is 0 Å². The molecule has 1 atom stereocenters. The van der Waals surface area contributed by atoms with E-state index in [4.69, 9.17) is 16.8 Å². The molecule has 0 amide bonds. The molecule has 0 fully saturated rings. The van der Waals surface area contributed by atoms with E-state index in [1.807, 2.05) is 12.4 Å². The van der Waals surface area contributed by atoms with Crippen LogP contribution in [0.15, 0.2) is 219 Å². The van der Waals surface area contributed by atoms with Gasteiger partial charge in [-0.05, 0) is 136 Å². The van der Waals surface area contributed by atoms with E-state index in [1.54, 1.807) is 0 Å². The molecule has 10 aromatic carbocycles. The highest BCUT2D eigenvalue weighted by atomic mass is 32.4. The van der Waals surface area contributed by atoms with Crippen molar-refractivity contribution in [1.29, 1.82) is 0 Å². The molecule has 0 spiro atoms. The van der Waals surface area contributed by atoms with Gasteiger partial charge in [0.15, 0.2) is 0 Å². The average Bonchev–Trinajstić information content (AvgIpc) is 3.75. The molecule has 0 aliphatic carbocycles. The maximum absolute atomic E-state index is 6.68. The van der Waals surface area contributed by atoms with Crippen molar-refractivity contribution in [3.8, 4) is 22.3 Å². The van der Waals surface area contributed by atoms with Crippen LogP contribution in [0.4, 0.5) is 0 Å². The van der Waals surface area contributed by atoms with E-state index in [0.717, 1.165) is 32.9 Å². The molecule has 3 aromatic heterocycles. The fourth-order valence-electron chi connectivity index (χ4n) is 10.1. The summed E-state index contributed by atoms with van der Waals surface area (Å²) in [5, 5.41) is 16.9. The maximum Gasteiger partial charge on any atom is 0.146 e. The normalized spacial score (nSPS) is 13.0. The molecule has 13 aromatic rings. The van der Waals surface area contributed by atoms with Crippen LogP contribution in [0.3, 0.4) is 0 Å². The molecule has 0 aliphatic heterocycles. The lowest BCUT2D eigenvalue weighted by Crippen LogP contribution is -2.24. The van der Waals surface area contributed by atoms with Gasteiger partial charge in [0.2, 0.25) is 0 Å². The van der Waals surface area contributed by atoms with Crippen molar-refractivity contribution in [3.63, 3.8) is 0 Å². The Morgan fingerprint density at radius 1 is 0.381 bits per heavy atom. The summed E-state index contributed by atoms with van der Waals surface area (Å²) in [7, 11) is 0. The summed E-state index contributed by atoms with van der Waals surface area (Å²) >= 11 is 6.68. The molecular formula is C58H36N3PS. The molecule has 0 saturated carbocycles. The molecule has 1 unspecified atom stereocenters. The van der Waals surface area contributed by atoms with Gasteiger partial charge in [0, 0.05) is 34.6 Å². The van der Waals surface area contributed by atoms with Gasteiger partial charge in [0.05, 0.1) is 16.6 Å². The van der Waals surface area contributed by atoms with Crippen LogP contribution in [0.1, 0.15) is 0 Å². The third-order valence-corrected chi connectivity index (χ3v) is 18.0. The maximum atomic E-state index is 6.68. The van der Waals surface area contributed by atoms with Gasteiger partial charge < -0.3 is 0 Å². The Morgan fingerprint density at radius 2 is 1.02 bits per heavy atom. The number of aromatic nitrogens is 3. The number of rotatable bonds is 5. The lowest BCUT2D eigenvalue weighted by atomic mass is 9.94. The third kappa shape index (κ3) is 5.55. The Morgan fingerprint density at radius 3 is 1.86 bits per heavy atom. The van der Waals surface area contributed by atoms with Crippen LogP contribution in [0.2, 0.25) is 0 Å². The summed E-state index contributed by atoms with van der Waals surface area (Å²) in [4.78, 5) is 9.65. The zero-order valence-corrected chi connectivity index (χ0v) is 35.7. The van der Waals surface area contributed by atoms with E-state index >= 15 is 0 Å². The van der Waals surface area contributed by atoms with Crippen molar-refractivity contribution in [2.75, 3.05) is 0 Å². The third-order valence-electron chi connectivity index (χ3n) is 13.1. The molecule has 294 valence electrons. The van der Waals surface area contributed by atoms with E-state index in [1.165, 1.54) is 86.7 Å². The number of benzene rings is 10. The predicted octanol–water partition coefficient (Wildman–Crippen LogP) is 13.9. The minimum Gasteiger partial charge on any atom is -0.292 e. The first-order valence-electron chi connectivity index (χ1n) is 21.3. The van der Waals surface area contributed by atoms with E-state index in [2.05, 4.69) is 216 Å². The van der Waals surface area contributed by atoms with Gasteiger partial charge in [-0.2, -0.15) is 0 Å². The smallest absolute Gasteiger partial charge is 0.146 e. The summed E-state index contributed by atoms with van der Waals surface area (Å²) < 4.78 is 2.38. The Balaban J connectivity index is 0.985. The van der Waals surface area contributed by atoms with Crippen LogP contribution in [-0.2, 0) is 11.8 Å². The second-order valence-corrected chi connectivity index (χ2v) is 20.9. The zero-order chi connectivity index (χ0) is 41.6. The van der Waals surface area contributed by atoms with Crippen molar-refractivity contribution >= 4 is 115 Å². The van der Waals surface area contributed by atoms with Crippen LogP contribution in [-0.4, -0.2) is 14.4 Å². The summed E-state index contributed by atoms with van der Waals surface area (Å²) in [6, 6.07) is 72.9. The largest absolute Gasteiger partial charge is 0.292 e. The molecule has 13 rings (SSSR count). The fraction of sp³-hybridized carbons (Fsp3) is 0. The highest BCUT2D eigenvalue weighted by molar-refractivity contribution is 8.25. The lowest BCUT2D eigenvalue weighted by Gasteiger charge is -2.24. The zero-order valence-electron chi connectivity index (χ0n) is 34.0. The van der Waals surface area contributed by atoms with Gasteiger partial charge in [-0.1, -0.05) is 163 Å². The number of hydrogen-bond donors (Lipinski definition) is 0. The first-order chi connectivity index (χ1) is 31.1. The molecular weight excluding hydrogens is 802 g/mol. The summed E-state index contributed by atoms with van der Waals surface area (Å²) in [6.07, 6.45) is 3.71. The monoisotopic (exact) mass is 837 g/mol. The Bertz CT molecular complexity index is 4020. The molecule has 3 heterocycles. The van der Waals surface area contributed by atoms with E-state index in [0.29, 0.717) is 0 Å². The topological polar surface area (TPSA) is 30.2 Å². The van der Waals surface area contributed by atoms with Crippen LogP contribution < -0.4 is 15.9 Å².